The molecule has 3 rings (SSSR count). The third-order valence-electron chi connectivity index (χ3n) is 3.13. The molecule has 20 heavy (non-hydrogen) atoms. The SMILES string of the molecule is CC(=O)c1cc2nccn2cc1-c1ccc(Cl)cc1Cl. The van der Waals surface area contributed by atoms with E-state index in [-0.39, 0.29) is 5.78 Å². The van der Waals surface area contributed by atoms with Gasteiger partial charge in [-0.05, 0) is 25.1 Å². The summed E-state index contributed by atoms with van der Waals surface area (Å²) in [7, 11) is 0. The number of hydrogen-bond donors (Lipinski definition) is 0. The van der Waals surface area contributed by atoms with Crippen LogP contribution in [0.5, 0.6) is 0 Å². The molecular formula is C15H10Cl2N2O. The molecule has 0 radical (unpaired) electrons. The van der Waals surface area contributed by atoms with Crippen molar-refractivity contribution >= 4 is 34.6 Å². The number of fused-ring (bicyclic) bond motifs is 1. The summed E-state index contributed by atoms with van der Waals surface area (Å²) in [6, 6.07) is 7.00. The summed E-state index contributed by atoms with van der Waals surface area (Å²) in [5.41, 5.74) is 2.86. The van der Waals surface area contributed by atoms with Crippen LogP contribution in [0.1, 0.15) is 17.3 Å². The van der Waals surface area contributed by atoms with Crippen molar-refractivity contribution in [1.29, 1.82) is 0 Å². The molecule has 0 aliphatic rings. The summed E-state index contributed by atoms with van der Waals surface area (Å²) in [4.78, 5) is 16.1. The topological polar surface area (TPSA) is 34.4 Å². The summed E-state index contributed by atoms with van der Waals surface area (Å²) in [6.07, 6.45) is 5.37. The van der Waals surface area contributed by atoms with Crippen molar-refractivity contribution in [1.82, 2.24) is 9.38 Å². The van der Waals surface area contributed by atoms with Crippen LogP contribution < -0.4 is 0 Å². The number of aromatic nitrogens is 2. The van der Waals surface area contributed by atoms with Gasteiger partial charge in [0.2, 0.25) is 0 Å². The number of pyridine rings is 1. The molecule has 0 saturated carbocycles. The van der Waals surface area contributed by atoms with E-state index < -0.39 is 0 Å². The molecule has 0 N–H and O–H groups in total. The number of benzene rings is 1. The van der Waals surface area contributed by atoms with Crippen molar-refractivity contribution in [3.8, 4) is 11.1 Å². The van der Waals surface area contributed by atoms with Crippen molar-refractivity contribution in [3.05, 3.63) is 58.5 Å². The van der Waals surface area contributed by atoms with Crippen LogP contribution >= 0.6 is 23.2 Å². The van der Waals surface area contributed by atoms with Crippen LogP contribution in [-0.4, -0.2) is 15.2 Å². The van der Waals surface area contributed by atoms with Gasteiger partial charge in [0.1, 0.15) is 5.65 Å². The van der Waals surface area contributed by atoms with Crippen molar-refractivity contribution in [3.63, 3.8) is 0 Å². The fourth-order valence-corrected chi connectivity index (χ4v) is 2.69. The average molecular weight is 305 g/mol. The molecule has 1 aromatic carbocycles. The molecule has 5 heteroatoms. The molecule has 0 unspecified atom stereocenters. The van der Waals surface area contributed by atoms with Crippen LogP contribution in [0.3, 0.4) is 0 Å². The summed E-state index contributed by atoms with van der Waals surface area (Å²) < 4.78 is 1.85. The number of carbonyl (C=O) groups excluding carboxylic acids is 1. The average Bonchev–Trinajstić information content (AvgIpc) is 2.84. The normalized spacial score (nSPS) is 10.9. The number of carbonyl (C=O) groups is 1. The third-order valence-corrected chi connectivity index (χ3v) is 3.68. The first-order valence-electron chi connectivity index (χ1n) is 5.99. The minimum Gasteiger partial charge on any atom is -0.306 e. The Bertz CT molecular complexity index is 824. The third kappa shape index (κ3) is 2.19. The van der Waals surface area contributed by atoms with Gasteiger partial charge in [0.05, 0.1) is 0 Å². The predicted molar refractivity (Wildman–Crippen MR) is 80.7 cm³/mol. The largest absolute Gasteiger partial charge is 0.306 e. The van der Waals surface area contributed by atoms with E-state index in [1.165, 1.54) is 6.92 Å². The Hall–Kier alpha value is -1.84. The van der Waals surface area contributed by atoms with Gasteiger partial charge in [-0.25, -0.2) is 4.98 Å². The zero-order chi connectivity index (χ0) is 14.3. The number of rotatable bonds is 2. The monoisotopic (exact) mass is 304 g/mol. The fraction of sp³-hybridized carbons (Fsp3) is 0.0667. The highest BCUT2D eigenvalue weighted by Gasteiger charge is 2.14. The standard InChI is InChI=1S/C15H10Cl2N2O/c1-9(20)12-7-15-18-4-5-19(15)8-13(12)11-3-2-10(16)6-14(11)17/h2-8H,1H3. The van der Waals surface area contributed by atoms with Crippen LogP contribution in [0.2, 0.25) is 10.0 Å². The van der Waals surface area contributed by atoms with E-state index in [0.717, 1.165) is 16.8 Å². The molecule has 0 spiro atoms. The highest BCUT2D eigenvalue weighted by Crippen LogP contribution is 2.33. The molecule has 2 aromatic heterocycles. The first kappa shape index (κ1) is 13.2. The van der Waals surface area contributed by atoms with Crippen molar-refractivity contribution in [2.45, 2.75) is 6.92 Å². The zero-order valence-corrected chi connectivity index (χ0v) is 12.1. The second kappa shape index (κ2) is 4.93. The van der Waals surface area contributed by atoms with Crippen molar-refractivity contribution in [2.24, 2.45) is 0 Å². The lowest BCUT2D eigenvalue weighted by atomic mass is 9.99. The Balaban J connectivity index is 2.32. The minimum absolute atomic E-state index is 0.0310. The van der Waals surface area contributed by atoms with Gasteiger partial charge in [0.15, 0.2) is 5.78 Å². The second-order valence-electron chi connectivity index (χ2n) is 4.47. The molecule has 0 atom stereocenters. The molecule has 3 nitrogen and oxygen atoms in total. The van der Waals surface area contributed by atoms with Gasteiger partial charge in [-0.1, -0.05) is 29.3 Å². The molecule has 2 heterocycles. The Morgan fingerprint density at radius 3 is 2.70 bits per heavy atom. The smallest absolute Gasteiger partial charge is 0.160 e. The summed E-state index contributed by atoms with van der Waals surface area (Å²) in [6.45, 7) is 1.53. The Morgan fingerprint density at radius 1 is 1.20 bits per heavy atom. The zero-order valence-electron chi connectivity index (χ0n) is 10.6. The molecule has 3 aromatic rings. The van der Waals surface area contributed by atoms with E-state index in [0.29, 0.717) is 15.6 Å². The first-order valence-corrected chi connectivity index (χ1v) is 6.75. The first-order chi connectivity index (χ1) is 9.56. The van der Waals surface area contributed by atoms with Gasteiger partial charge in [0.25, 0.3) is 0 Å². The van der Waals surface area contributed by atoms with Gasteiger partial charge in [-0.2, -0.15) is 0 Å². The van der Waals surface area contributed by atoms with E-state index in [2.05, 4.69) is 4.98 Å². The fourth-order valence-electron chi connectivity index (χ4n) is 2.17. The Morgan fingerprint density at radius 2 is 2.00 bits per heavy atom. The molecule has 0 saturated heterocycles. The van der Waals surface area contributed by atoms with E-state index in [9.17, 15) is 4.79 Å². The van der Waals surface area contributed by atoms with Crippen LogP contribution in [0.15, 0.2) is 42.9 Å². The Kier molecular flexibility index (Phi) is 3.24. The van der Waals surface area contributed by atoms with E-state index in [1.54, 1.807) is 24.4 Å². The maximum atomic E-state index is 11.9. The Labute approximate surface area is 125 Å². The van der Waals surface area contributed by atoms with Crippen LogP contribution in [-0.2, 0) is 0 Å². The number of imidazole rings is 1. The molecule has 0 aliphatic heterocycles. The molecular weight excluding hydrogens is 295 g/mol. The van der Waals surface area contributed by atoms with E-state index in [1.807, 2.05) is 22.9 Å². The number of nitrogens with zero attached hydrogens (tertiary/aromatic N) is 2. The number of Topliss-reactive ketones (excluding diaryl/α,β-unsaturated/α-hetero) is 1. The summed E-state index contributed by atoms with van der Waals surface area (Å²) in [5.74, 6) is -0.0310. The van der Waals surface area contributed by atoms with Gasteiger partial charge in [-0.3, -0.25) is 4.79 Å². The highest BCUT2D eigenvalue weighted by molar-refractivity contribution is 6.36. The summed E-state index contributed by atoms with van der Waals surface area (Å²) in [5, 5.41) is 1.08. The highest BCUT2D eigenvalue weighted by atomic mass is 35.5. The summed E-state index contributed by atoms with van der Waals surface area (Å²) >= 11 is 12.2. The molecule has 0 fully saturated rings. The number of halogens is 2. The van der Waals surface area contributed by atoms with Gasteiger partial charge < -0.3 is 4.40 Å². The van der Waals surface area contributed by atoms with Gasteiger partial charge in [0, 0.05) is 45.3 Å². The van der Waals surface area contributed by atoms with Crippen molar-refractivity contribution < 1.29 is 4.79 Å². The van der Waals surface area contributed by atoms with Crippen molar-refractivity contribution in [2.75, 3.05) is 0 Å². The van der Waals surface area contributed by atoms with Gasteiger partial charge >= 0.3 is 0 Å². The lowest BCUT2D eigenvalue weighted by Crippen LogP contribution is -1.99. The van der Waals surface area contributed by atoms with Crippen LogP contribution in [0.25, 0.3) is 16.8 Å². The lowest BCUT2D eigenvalue weighted by Gasteiger charge is -2.10. The van der Waals surface area contributed by atoms with E-state index in [4.69, 9.17) is 23.2 Å². The molecule has 0 amide bonds. The minimum atomic E-state index is -0.0310. The van der Waals surface area contributed by atoms with Crippen LogP contribution in [0, 0.1) is 0 Å². The molecule has 100 valence electrons. The molecule has 0 bridgehead atoms. The maximum Gasteiger partial charge on any atom is 0.160 e. The lowest BCUT2D eigenvalue weighted by molar-refractivity contribution is 0.101. The van der Waals surface area contributed by atoms with Gasteiger partial charge in [-0.15, -0.1) is 0 Å². The van der Waals surface area contributed by atoms with Crippen LogP contribution in [0.4, 0.5) is 0 Å². The van der Waals surface area contributed by atoms with E-state index >= 15 is 0 Å². The predicted octanol–water partition coefficient (Wildman–Crippen LogP) is 4.51. The second-order valence-corrected chi connectivity index (χ2v) is 5.32. The molecule has 0 aliphatic carbocycles. The number of ketones is 1. The quantitative estimate of drug-likeness (QED) is 0.653. The number of hydrogen-bond acceptors (Lipinski definition) is 2. The maximum absolute atomic E-state index is 11.9.